The van der Waals surface area contributed by atoms with Crippen LogP contribution < -0.4 is 10.6 Å². The molecule has 0 unspecified atom stereocenters. The molecule has 1 aromatic heterocycles. The lowest BCUT2D eigenvalue weighted by molar-refractivity contribution is -0.120. The standard InChI is InChI=1S/C15H16N2O2S/c1-11-7-8-13(20-11)9-16-14(18)10-17-15(19)12-5-3-2-4-6-12/h2-8H,9-10H2,1H3,(H,16,18)(H,17,19). The van der Waals surface area contributed by atoms with Crippen molar-refractivity contribution in [2.24, 2.45) is 0 Å². The fraction of sp³-hybridized carbons (Fsp3) is 0.200. The average Bonchev–Trinajstić information content (AvgIpc) is 2.89. The van der Waals surface area contributed by atoms with Crippen LogP contribution in [0, 0.1) is 6.92 Å². The fourth-order valence-corrected chi connectivity index (χ4v) is 2.51. The molecule has 0 aliphatic rings. The number of rotatable bonds is 5. The first kappa shape index (κ1) is 14.3. The second-order valence-corrected chi connectivity index (χ2v) is 5.71. The van der Waals surface area contributed by atoms with E-state index in [2.05, 4.69) is 10.6 Å². The molecule has 0 bridgehead atoms. The molecule has 0 saturated carbocycles. The molecule has 2 rings (SSSR count). The van der Waals surface area contributed by atoms with Gasteiger partial charge in [-0.2, -0.15) is 0 Å². The molecule has 2 N–H and O–H groups in total. The summed E-state index contributed by atoms with van der Waals surface area (Å²) < 4.78 is 0. The van der Waals surface area contributed by atoms with E-state index < -0.39 is 0 Å². The zero-order chi connectivity index (χ0) is 14.4. The number of amides is 2. The van der Waals surface area contributed by atoms with Crippen LogP contribution in [0.5, 0.6) is 0 Å². The molecule has 0 aliphatic carbocycles. The molecule has 2 aromatic rings. The van der Waals surface area contributed by atoms with Crippen molar-refractivity contribution in [1.82, 2.24) is 10.6 Å². The van der Waals surface area contributed by atoms with Crippen LogP contribution >= 0.6 is 11.3 Å². The molecule has 5 heteroatoms. The summed E-state index contributed by atoms with van der Waals surface area (Å²) in [5.74, 6) is -0.437. The molecule has 0 radical (unpaired) electrons. The monoisotopic (exact) mass is 288 g/mol. The highest BCUT2D eigenvalue weighted by atomic mass is 32.1. The zero-order valence-corrected chi connectivity index (χ0v) is 12.0. The number of carbonyl (C=O) groups excluding carboxylic acids is 2. The van der Waals surface area contributed by atoms with Crippen LogP contribution in [0.2, 0.25) is 0 Å². The molecule has 4 nitrogen and oxygen atoms in total. The summed E-state index contributed by atoms with van der Waals surface area (Å²) in [6.45, 7) is 2.51. The van der Waals surface area contributed by atoms with Gasteiger partial charge in [-0.1, -0.05) is 18.2 Å². The van der Waals surface area contributed by atoms with Gasteiger partial charge in [-0.15, -0.1) is 11.3 Å². The van der Waals surface area contributed by atoms with Gasteiger partial charge in [0.2, 0.25) is 5.91 Å². The minimum atomic E-state index is -0.243. The van der Waals surface area contributed by atoms with Gasteiger partial charge in [0.1, 0.15) is 0 Å². The molecule has 2 amide bonds. The predicted octanol–water partition coefficient (Wildman–Crippen LogP) is 2.10. The van der Waals surface area contributed by atoms with Crippen molar-refractivity contribution < 1.29 is 9.59 Å². The predicted molar refractivity (Wildman–Crippen MR) is 79.7 cm³/mol. The topological polar surface area (TPSA) is 58.2 Å². The van der Waals surface area contributed by atoms with Gasteiger partial charge in [0, 0.05) is 15.3 Å². The van der Waals surface area contributed by atoms with Crippen LogP contribution in [-0.4, -0.2) is 18.4 Å². The third kappa shape index (κ3) is 4.20. The van der Waals surface area contributed by atoms with Crippen molar-refractivity contribution in [3.05, 3.63) is 57.8 Å². The molecule has 1 aromatic carbocycles. The summed E-state index contributed by atoms with van der Waals surface area (Å²) in [7, 11) is 0. The van der Waals surface area contributed by atoms with Gasteiger partial charge in [-0.3, -0.25) is 9.59 Å². The highest BCUT2D eigenvalue weighted by molar-refractivity contribution is 7.11. The lowest BCUT2D eigenvalue weighted by Gasteiger charge is -2.06. The van der Waals surface area contributed by atoms with Gasteiger partial charge in [0.25, 0.3) is 5.91 Å². The maximum absolute atomic E-state index is 11.7. The molecule has 0 atom stereocenters. The fourth-order valence-electron chi connectivity index (χ4n) is 1.68. The maximum atomic E-state index is 11.7. The normalized spacial score (nSPS) is 10.1. The van der Waals surface area contributed by atoms with Gasteiger partial charge in [-0.05, 0) is 31.2 Å². The number of thiophene rings is 1. The Bertz CT molecular complexity index is 593. The first-order chi connectivity index (χ1) is 9.65. The van der Waals surface area contributed by atoms with E-state index in [9.17, 15) is 9.59 Å². The van der Waals surface area contributed by atoms with Gasteiger partial charge in [0.15, 0.2) is 0 Å². The molecule has 104 valence electrons. The summed E-state index contributed by atoms with van der Waals surface area (Å²) in [5.41, 5.74) is 0.550. The lowest BCUT2D eigenvalue weighted by Crippen LogP contribution is -2.36. The van der Waals surface area contributed by atoms with Crippen LogP contribution in [0.3, 0.4) is 0 Å². The van der Waals surface area contributed by atoms with E-state index in [1.165, 1.54) is 4.88 Å². The van der Waals surface area contributed by atoms with Crippen molar-refractivity contribution in [3.8, 4) is 0 Å². The Balaban J connectivity index is 1.74. The molecule has 20 heavy (non-hydrogen) atoms. The molecular weight excluding hydrogens is 272 g/mol. The highest BCUT2D eigenvalue weighted by Crippen LogP contribution is 2.14. The Morgan fingerprint density at radius 3 is 2.45 bits per heavy atom. The Morgan fingerprint density at radius 1 is 1.05 bits per heavy atom. The van der Waals surface area contributed by atoms with Crippen LogP contribution in [0.4, 0.5) is 0 Å². The van der Waals surface area contributed by atoms with Gasteiger partial charge in [-0.25, -0.2) is 0 Å². The van der Waals surface area contributed by atoms with E-state index in [0.29, 0.717) is 12.1 Å². The highest BCUT2D eigenvalue weighted by Gasteiger charge is 2.07. The first-order valence-electron chi connectivity index (χ1n) is 6.30. The Morgan fingerprint density at radius 2 is 1.80 bits per heavy atom. The minimum Gasteiger partial charge on any atom is -0.350 e. The number of benzene rings is 1. The third-order valence-electron chi connectivity index (χ3n) is 2.70. The number of hydrogen-bond acceptors (Lipinski definition) is 3. The second kappa shape index (κ2) is 6.86. The van der Waals surface area contributed by atoms with E-state index in [-0.39, 0.29) is 18.4 Å². The zero-order valence-electron chi connectivity index (χ0n) is 11.2. The summed E-state index contributed by atoms with van der Waals surface area (Å²) in [6.07, 6.45) is 0. The Labute approximate surface area is 121 Å². The maximum Gasteiger partial charge on any atom is 0.251 e. The summed E-state index contributed by atoms with van der Waals surface area (Å²) >= 11 is 1.65. The smallest absolute Gasteiger partial charge is 0.251 e. The largest absolute Gasteiger partial charge is 0.350 e. The van der Waals surface area contributed by atoms with Crippen LogP contribution in [0.1, 0.15) is 20.1 Å². The van der Waals surface area contributed by atoms with Crippen LogP contribution in [-0.2, 0) is 11.3 Å². The first-order valence-corrected chi connectivity index (χ1v) is 7.12. The van der Waals surface area contributed by atoms with Crippen molar-refractivity contribution in [2.45, 2.75) is 13.5 Å². The third-order valence-corrected chi connectivity index (χ3v) is 3.70. The summed E-state index contributed by atoms with van der Waals surface area (Å²) in [5, 5.41) is 5.37. The van der Waals surface area contributed by atoms with Crippen molar-refractivity contribution in [2.75, 3.05) is 6.54 Å². The van der Waals surface area contributed by atoms with Crippen molar-refractivity contribution in [1.29, 1.82) is 0 Å². The van der Waals surface area contributed by atoms with Crippen LogP contribution in [0.25, 0.3) is 0 Å². The van der Waals surface area contributed by atoms with E-state index in [1.807, 2.05) is 25.1 Å². The van der Waals surface area contributed by atoms with Gasteiger partial charge >= 0.3 is 0 Å². The number of nitrogens with one attached hydrogen (secondary N) is 2. The minimum absolute atomic E-state index is 0.0158. The molecule has 0 saturated heterocycles. The van der Waals surface area contributed by atoms with E-state index >= 15 is 0 Å². The number of hydrogen-bond donors (Lipinski definition) is 2. The number of aryl methyl sites for hydroxylation is 1. The van der Waals surface area contributed by atoms with Crippen LogP contribution in [0.15, 0.2) is 42.5 Å². The lowest BCUT2D eigenvalue weighted by atomic mass is 10.2. The molecule has 0 aliphatic heterocycles. The van der Waals surface area contributed by atoms with Crippen molar-refractivity contribution in [3.63, 3.8) is 0 Å². The average molecular weight is 288 g/mol. The second-order valence-electron chi connectivity index (χ2n) is 4.34. The SMILES string of the molecule is Cc1ccc(CNC(=O)CNC(=O)c2ccccc2)s1. The van der Waals surface area contributed by atoms with Gasteiger partial charge in [0.05, 0.1) is 13.1 Å². The summed E-state index contributed by atoms with van der Waals surface area (Å²) in [6, 6.07) is 12.8. The van der Waals surface area contributed by atoms with E-state index in [1.54, 1.807) is 35.6 Å². The van der Waals surface area contributed by atoms with E-state index in [4.69, 9.17) is 0 Å². The Hall–Kier alpha value is -2.14. The number of carbonyl (C=O) groups is 2. The molecule has 0 spiro atoms. The molecule has 0 fully saturated rings. The van der Waals surface area contributed by atoms with E-state index in [0.717, 1.165) is 4.88 Å². The summed E-state index contributed by atoms with van der Waals surface area (Å²) in [4.78, 5) is 25.7. The Kier molecular flexibility index (Phi) is 4.90. The molecule has 1 heterocycles. The van der Waals surface area contributed by atoms with Gasteiger partial charge < -0.3 is 10.6 Å². The molecular formula is C15H16N2O2S. The quantitative estimate of drug-likeness (QED) is 0.885. The van der Waals surface area contributed by atoms with Crippen molar-refractivity contribution >= 4 is 23.2 Å².